The Balaban J connectivity index is 2.64. The second-order valence-electron chi connectivity index (χ2n) is 2.80. The van der Waals surface area contributed by atoms with Crippen LogP contribution in [-0.4, -0.2) is 22.9 Å². The van der Waals surface area contributed by atoms with Gasteiger partial charge in [0.25, 0.3) is 0 Å². The predicted molar refractivity (Wildman–Crippen MR) is 52.2 cm³/mol. The number of aromatic hydroxyl groups is 1. The Morgan fingerprint density at radius 2 is 1.92 bits per heavy atom. The van der Waals surface area contributed by atoms with E-state index in [-0.39, 0.29) is 18.4 Å². The van der Waals surface area contributed by atoms with E-state index in [4.69, 9.17) is 15.9 Å². The molecule has 0 heterocycles. The molecule has 0 spiro atoms. The third kappa shape index (κ3) is 3.27. The van der Waals surface area contributed by atoms with Crippen LogP contribution in [-0.2, 0) is 0 Å². The second-order valence-corrected chi connectivity index (χ2v) is 2.80. The van der Waals surface area contributed by atoms with Crippen molar-refractivity contribution in [3.63, 3.8) is 0 Å². The van der Waals surface area contributed by atoms with Crippen molar-refractivity contribution in [2.24, 2.45) is 5.73 Å². The molecular formula is C10H13NO2. The second kappa shape index (κ2) is 4.64. The maximum absolute atomic E-state index is 8.99. The summed E-state index contributed by atoms with van der Waals surface area (Å²) in [5.74, 6) is 0.239. The van der Waals surface area contributed by atoms with E-state index in [1.54, 1.807) is 36.4 Å². The summed E-state index contributed by atoms with van der Waals surface area (Å²) < 4.78 is 0. The Labute approximate surface area is 77.1 Å². The highest BCUT2D eigenvalue weighted by molar-refractivity contribution is 5.50. The Morgan fingerprint density at radius 1 is 1.31 bits per heavy atom. The topological polar surface area (TPSA) is 66.5 Å². The van der Waals surface area contributed by atoms with Gasteiger partial charge < -0.3 is 15.9 Å². The van der Waals surface area contributed by atoms with Gasteiger partial charge in [-0.2, -0.15) is 0 Å². The molecule has 4 N–H and O–H groups in total. The first-order chi connectivity index (χ1) is 6.22. The highest BCUT2D eigenvalue weighted by Crippen LogP contribution is 2.10. The summed E-state index contributed by atoms with van der Waals surface area (Å²) >= 11 is 0. The van der Waals surface area contributed by atoms with E-state index in [1.807, 2.05) is 0 Å². The first-order valence-electron chi connectivity index (χ1n) is 4.06. The molecule has 1 aromatic carbocycles. The van der Waals surface area contributed by atoms with Gasteiger partial charge in [-0.3, -0.25) is 0 Å². The number of rotatable bonds is 3. The van der Waals surface area contributed by atoms with Crippen molar-refractivity contribution in [1.82, 2.24) is 0 Å². The number of aliphatic hydroxyl groups is 1. The van der Waals surface area contributed by atoms with Gasteiger partial charge in [0.15, 0.2) is 0 Å². The zero-order valence-corrected chi connectivity index (χ0v) is 7.22. The number of phenols is 1. The molecule has 1 atom stereocenters. The number of aliphatic hydroxyl groups excluding tert-OH is 1. The molecule has 3 heteroatoms. The first-order valence-corrected chi connectivity index (χ1v) is 4.06. The molecule has 0 amide bonds. The largest absolute Gasteiger partial charge is 0.508 e. The molecule has 0 bridgehead atoms. The fourth-order valence-electron chi connectivity index (χ4n) is 0.881. The summed E-state index contributed by atoms with van der Waals surface area (Å²) in [7, 11) is 0. The summed E-state index contributed by atoms with van der Waals surface area (Å²) in [4.78, 5) is 0. The zero-order valence-electron chi connectivity index (χ0n) is 7.22. The Morgan fingerprint density at radius 3 is 2.46 bits per heavy atom. The number of nitrogens with two attached hydrogens (primary N) is 1. The van der Waals surface area contributed by atoms with Crippen molar-refractivity contribution < 1.29 is 10.2 Å². The van der Waals surface area contributed by atoms with Crippen molar-refractivity contribution in [3.8, 4) is 5.75 Å². The molecule has 70 valence electrons. The third-order valence-corrected chi connectivity index (χ3v) is 1.64. The van der Waals surface area contributed by atoms with Gasteiger partial charge in [-0.15, -0.1) is 0 Å². The lowest BCUT2D eigenvalue weighted by molar-refractivity contribution is 0.284. The maximum Gasteiger partial charge on any atom is 0.115 e. The molecule has 0 radical (unpaired) electrons. The maximum atomic E-state index is 8.99. The van der Waals surface area contributed by atoms with Gasteiger partial charge in [0.05, 0.1) is 6.61 Å². The molecule has 0 saturated heterocycles. The van der Waals surface area contributed by atoms with Crippen LogP contribution >= 0.6 is 0 Å². The van der Waals surface area contributed by atoms with Crippen LogP contribution in [0.15, 0.2) is 30.3 Å². The van der Waals surface area contributed by atoms with Crippen LogP contribution in [0.2, 0.25) is 0 Å². The van der Waals surface area contributed by atoms with Crippen LogP contribution in [0.1, 0.15) is 5.56 Å². The van der Waals surface area contributed by atoms with E-state index in [0.29, 0.717) is 0 Å². The molecule has 1 rings (SSSR count). The van der Waals surface area contributed by atoms with Gasteiger partial charge in [0.2, 0.25) is 0 Å². The van der Waals surface area contributed by atoms with Gasteiger partial charge in [-0.05, 0) is 17.7 Å². The monoisotopic (exact) mass is 179 g/mol. The summed E-state index contributed by atoms with van der Waals surface area (Å²) in [6, 6.07) is 6.42. The minimum absolute atomic E-state index is 0.0609. The first kappa shape index (κ1) is 9.77. The van der Waals surface area contributed by atoms with Crippen molar-refractivity contribution in [2.45, 2.75) is 6.04 Å². The van der Waals surface area contributed by atoms with Gasteiger partial charge in [0.1, 0.15) is 5.75 Å². The van der Waals surface area contributed by atoms with E-state index in [9.17, 15) is 0 Å². The molecule has 0 aliphatic heterocycles. The number of hydrogen-bond donors (Lipinski definition) is 3. The quantitative estimate of drug-likeness (QED) is 0.640. The van der Waals surface area contributed by atoms with Gasteiger partial charge in [0, 0.05) is 6.04 Å². The summed E-state index contributed by atoms with van der Waals surface area (Å²) in [5.41, 5.74) is 6.41. The lowest BCUT2D eigenvalue weighted by Gasteiger charge is -1.99. The highest BCUT2D eigenvalue weighted by Gasteiger charge is 1.92. The van der Waals surface area contributed by atoms with Crippen LogP contribution in [0, 0.1) is 0 Å². The van der Waals surface area contributed by atoms with Crippen molar-refractivity contribution in [1.29, 1.82) is 0 Å². The molecule has 13 heavy (non-hydrogen) atoms. The molecule has 1 aromatic rings. The Hall–Kier alpha value is -1.32. The van der Waals surface area contributed by atoms with Gasteiger partial charge in [-0.25, -0.2) is 0 Å². The van der Waals surface area contributed by atoms with E-state index >= 15 is 0 Å². The molecule has 0 aliphatic carbocycles. The minimum atomic E-state index is -0.325. The standard InChI is InChI=1S/C10H13NO2/c11-9(7-12)4-1-8-2-5-10(13)6-3-8/h1-6,9,12-13H,7,11H2/b4-1+. The third-order valence-electron chi connectivity index (χ3n) is 1.64. The fourth-order valence-corrected chi connectivity index (χ4v) is 0.881. The molecule has 3 nitrogen and oxygen atoms in total. The Kier molecular flexibility index (Phi) is 3.49. The zero-order chi connectivity index (χ0) is 9.68. The van der Waals surface area contributed by atoms with Crippen LogP contribution in [0.5, 0.6) is 5.75 Å². The number of benzene rings is 1. The van der Waals surface area contributed by atoms with Gasteiger partial charge >= 0.3 is 0 Å². The van der Waals surface area contributed by atoms with Crippen LogP contribution in [0.4, 0.5) is 0 Å². The number of hydrogen-bond acceptors (Lipinski definition) is 3. The van der Waals surface area contributed by atoms with Crippen LogP contribution < -0.4 is 5.73 Å². The summed E-state index contributed by atoms with van der Waals surface area (Å²) in [5, 5.41) is 17.6. The van der Waals surface area contributed by atoms with E-state index in [2.05, 4.69) is 0 Å². The van der Waals surface area contributed by atoms with E-state index < -0.39 is 0 Å². The van der Waals surface area contributed by atoms with Gasteiger partial charge in [-0.1, -0.05) is 24.3 Å². The lowest BCUT2D eigenvalue weighted by Crippen LogP contribution is -2.20. The van der Waals surface area contributed by atoms with Crippen LogP contribution in [0.3, 0.4) is 0 Å². The molecule has 0 fully saturated rings. The fraction of sp³-hybridized carbons (Fsp3) is 0.200. The smallest absolute Gasteiger partial charge is 0.115 e. The summed E-state index contributed by atoms with van der Waals surface area (Å²) in [6.45, 7) is -0.0609. The van der Waals surface area contributed by atoms with Crippen molar-refractivity contribution in [2.75, 3.05) is 6.61 Å². The molecular weight excluding hydrogens is 166 g/mol. The SMILES string of the molecule is NC(/C=C/c1ccc(O)cc1)CO. The normalized spacial score (nSPS) is 13.4. The van der Waals surface area contributed by atoms with E-state index in [1.165, 1.54) is 0 Å². The van der Waals surface area contributed by atoms with E-state index in [0.717, 1.165) is 5.56 Å². The average molecular weight is 179 g/mol. The highest BCUT2D eigenvalue weighted by atomic mass is 16.3. The van der Waals surface area contributed by atoms with Crippen molar-refractivity contribution in [3.05, 3.63) is 35.9 Å². The molecule has 1 unspecified atom stereocenters. The van der Waals surface area contributed by atoms with Crippen molar-refractivity contribution >= 4 is 6.08 Å². The van der Waals surface area contributed by atoms with Crippen LogP contribution in [0.25, 0.3) is 6.08 Å². The lowest BCUT2D eigenvalue weighted by atomic mass is 10.2. The summed E-state index contributed by atoms with van der Waals surface area (Å²) in [6.07, 6.45) is 3.52. The molecule has 0 saturated carbocycles. The number of phenolic OH excluding ortho intramolecular Hbond substituents is 1. The molecule has 0 aliphatic rings. The predicted octanol–water partition coefficient (Wildman–Crippen LogP) is 0.725. The Bertz CT molecular complexity index is 279. The average Bonchev–Trinajstić information content (AvgIpc) is 2.16. The molecule has 0 aromatic heterocycles. The minimum Gasteiger partial charge on any atom is -0.508 e.